The average Bonchev–Trinajstić information content (AvgIpc) is 2.66. The summed E-state index contributed by atoms with van der Waals surface area (Å²) >= 11 is 6.32. The van der Waals surface area contributed by atoms with E-state index >= 15 is 0 Å². The van der Waals surface area contributed by atoms with Crippen molar-refractivity contribution in [2.45, 2.75) is 50.4 Å². The number of alkyl halides is 1. The molecule has 1 aromatic rings. The Morgan fingerprint density at radius 2 is 2.29 bits per heavy atom. The Kier molecular flexibility index (Phi) is 3.06. The first kappa shape index (κ1) is 9.97. The predicted octanol–water partition coefficient (Wildman–Crippen LogP) is 2.56. The minimum Gasteiger partial charge on any atom is -0.250 e. The van der Waals surface area contributed by atoms with Crippen LogP contribution in [0.5, 0.6) is 0 Å². The van der Waals surface area contributed by atoms with Crippen LogP contribution in [0.25, 0.3) is 0 Å². The van der Waals surface area contributed by atoms with Crippen LogP contribution in [0, 0.1) is 0 Å². The highest BCUT2D eigenvalue weighted by Crippen LogP contribution is 2.35. The number of rotatable bonds is 2. The van der Waals surface area contributed by atoms with Crippen molar-refractivity contribution in [3.05, 3.63) is 12.2 Å². The molecule has 2 atom stereocenters. The summed E-state index contributed by atoms with van der Waals surface area (Å²) in [5.41, 5.74) is 0. The third kappa shape index (κ3) is 1.78. The molecule has 0 N–H and O–H groups in total. The van der Waals surface area contributed by atoms with Gasteiger partial charge in [-0.3, -0.25) is 4.68 Å². The van der Waals surface area contributed by atoms with E-state index in [9.17, 15) is 0 Å². The van der Waals surface area contributed by atoms with Gasteiger partial charge < -0.3 is 0 Å². The van der Waals surface area contributed by atoms with Crippen LogP contribution in [0.15, 0.2) is 6.33 Å². The zero-order valence-corrected chi connectivity index (χ0v) is 9.24. The van der Waals surface area contributed by atoms with Crippen LogP contribution in [0.2, 0.25) is 0 Å². The normalized spacial score (nSPS) is 27.9. The third-order valence-corrected chi connectivity index (χ3v) is 3.48. The highest BCUT2D eigenvalue weighted by atomic mass is 35.5. The van der Waals surface area contributed by atoms with E-state index in [4.69, 9.17) is 11.6 Å². The maximum atomic E-state index is 6.32. The second kappa shape index (κ2) is 4.30. The van der Waals surface area contributed by atoms with Gasteiger partial charge in [0, 0.05) is 17.8 Å². The number of halogens is 1. The van der Waals surface area contributed by atoms with Crippen LogP contribution in [0.1, 0.15) is 44.3 Å². The van der Waals surface area contributed by atoms with E-state index in [1.807, 2.05) is 4.68 Å². The summed E-state index contributed by atoms with van der Waals surface area (Å²) in [5, 5.41) is 4.44. The molecule has 14 heavy (non-hydrogen) atoms. The number of nitrogens with zero attached hydrogens (tertiary/aromatic N) is 3. The first-order valence-corrected chi connectivity index (χ1v) is 5.78. The number of aromatic nitrogens is 3. The van der Waals surface area contributed by atoms with Gasteiger partial charge in [0.15, 0.2) is 0 Å². The van der Waals surface area contributed by atoms with E-state index in [1.54, 1.807) is 6.33 Å². The van der Waals surface area contributed by atoms with Gasteiger partial charge in [-0.1, -0.05) is 12.8 Å². The molecule has 0 aliphatic heterocycles. The van der Waals surface area contributed by atoms with Crippen LogP contribution in [-0.2, 0) is 6.54 Å². The zero-order chi connectivity index (χ0) is 9.97. The molecule has 2 unspecified atom stereocenters. The van der Waals surface area contributed by atoms with Gasteiger partial charge in [-0.25, -0.2) is 4.98 Å². The quantitative estimate of drug-likeness (QED) is 0.707. The highest BCUT2D eigenvalue weighted by molar-refractivity contribution is 6.21. The van der Waals surface area contributed by atoms with Crippen LogP contribution in [-0.4, -0.2) is 20.1 Å². The Morgan fingerprint density at radius 3 is 3.00 bits per heavy atom. The summed E-state index contributed by atoms with van der Waals surface area (Å²) in [6.45, 7) is 2.97. The average molecular weight is 214 g/mol. The van der Waals surface area contributed by atoms with Crippen LogP contribution in [0.3, 0.4) is 0 Å². The molecule has 0 spiro atoms. The van der Waals surface area contributed by atoms with Crippen molar-refractivity contribution in [3.63, 3.8) is 0 Å². The molecular weight excluding hydrogens is 198 g/mol. The van der Waals surface area contributed by atoms with Crippen molar-refractivity contribution < 1.29 is 0 Å². The summed E-state index contributed by atoms with van der Waals surface area (Å²) < 4.78 is 1.96. The van der Waals surface area contributed by atoms with Crippen LogP contribution >= 0.6 is 11.6 Å². The van der Waals surface area contributed by atoms with Gasteiger partial charge in [0.2, 0.25) is 0 Å². The Hall–Kier alpha value is -0.570. The lowest BCUT2D eigenvalue weighted by Gasteiger charge is -2.26. The van der Waals surface area contributed by atoms with Crippen molar-refractivity contribution in [2.75, 3.05) is 0 Å². The lowest BCUT2D eigenvalue weighted by molar-refractivity contribution is 0.416. The van der Waals surface area contributed by atoms with Gasteiger partial charge in [0.25, 0.3) is 0 Å². The van der Waals surface area contributed by atoms with Crippen LogP contribution in [0.4, 0.5) is 0 Å². The predicted molar refractivity (Wildman–Crippen MR) is 56.5 cm³/mol. The fraction of sp³-hybridized carbons (Fsp3) is 0.800. The summed E-state index contributed by atoms with van der Waals surface area (Å²) in [5.74, 6) is 1.49. The van der Waals surface area contributed by atoms with E-state index in [0.29, 0.717) is 5.92 Å². The molecule has 0 saturated heterocycles. The van der Waals surface area contributed by atoms with Gasteiger partial charge in [-0.05, 0) is 19.8 Å². The smallest absolute Gasteiger partial charge is 0.138 e. The third-order valence-electron chi connectivity index (χ3n) is 2.96. The molecular formula is C10H16ClN3. The number of aryl methyl sites for hydroxylation is 1. The van der Waals surface area contributed by atoms with Crippen molar-refractivity contribution in [1.29, 1.82) is 0 Å². The lowest BCUT2D eigenvalue weighted by atomic mass is 9.88. The molecule has 1 saturated carbocycles. The number of hydrogen-bond donors (Lipinski definition) is 0. The molecule has 1 aliphatic rings. The highest BCUT2D eigenvalue weighted by Gasteiger charge is 2.28. The molecule has 1 fully saturated rings. The zero-order valence-electron chi connectivity index (χ0n) is 8.49. The topological polar surface area (TPSA) is 30.7 Å². The molecule has 0 amide bonds. The van der Waals surface area contributed by atoms with E-state index in [1.165, 1.54) is 12.8 Å². The van der Waals surface area contributed by atoms with E-state index in [-0.39, 0.29) is 5.38 Å². The summed E-state index contributed by atoms with van der Waals surface area (Å²) in [6.07, 6.45) is 6.43. The Morgan fingerprint density at radius 1 is 1.50 bits per heavy atom. The van der Waals surface area contributed by atoms with E-state index in [0.717, 1.165) is 25.2 Å². The minimum atomic E-state index is 0.248. The van der Waals surface area contributed by atoms with Crippen molar-refractivity contribution in [1.82, 2.24) is 14.8 Å². The molecule has 78 valence electrons. The lowest BCUT2D eigenvalue weighted by Crippen LogP contribution is -2.21. The van der Waals surface area contributed by atoms with Gasteiger partial charge in [-0.15, -0.1) is 11.6 Å². The number of hydrogen-bond acceptors (Lipinski definition) is 2. The summed E-state index contributed by atoms with van der Waals surface area (Å²) in [7, 11) is 0. The van der Waals surface area contributed by atoms with Gasteiger partial charge >= 0.3 is 0 Å². The first-order chi connectivity index (χ1) is 6.83. The van der Waals surface area contributed by atoms with Crippen LogP contribution < -0.4 is 0 Å². The standard InChI is InChI=1S/C10H16ClN3/c1-2-14-10(12-7-13-14)8-5-3-4-6-9(8)11/h7-9H,2-6H2,1H3. The first-order valence-electron chi connectivity index (χ1n) is 5.34. The Balaban J connectivity index is 2.20. The molecule has 0 radical (unpaired) electrons. The molecule has 4 heteroatoms. The van der Waals surface area contributed by atoms with Crippen molar-refractivity contribution >= 4 is 11.6 Å². The summed E-state index contributed by atoms with van der Waals surface area (Å²) in [4.78, 5) is 4.33. The maximum absolute atomic E-state index is 6.32. The Labute approximate surface area is 89.5 Å². The Bertz CT molecular complexity index is 297. The molecule has 3 nitrogen and oxygen atoms in total. The molecule has 1 aliphatic carbocycles. The summed E-state index contributed by atoms with van der Waals surface area (Å²) in [6, 6.07) is 0. The van der Waals surface area contributed by atoms with E-state index in [2.05, 4.69) is 17.0 Å². The second-order valence-corrected chi connectivity index (χ2v) is 4.40. The molecule has 0 aromatic carbocycles. The van der Waals surface area contributed by atoms with Gasteiger partial charge in [0.1, 0.15) is 12.2 Å². The molecule has 1 heterocycles. The second-order valence-electron chi connectivity index (χ2n) is 3.84. The molecule has 1 aromatic heterocycles. The monoisotopic (exact) mass is 213 g/mol. The fourth-order valence-corrected chi connectivity index (χ4v) is 2.57. The van der Waals surface area contributed by atoms with Gasteiger partial charge in [0.05, 0.1) is 0 Å². The fourth-order valence-electron chi connectivity index (χ4n) is 2.18. The maximum Gasteiger partial charge on any atom is 0.138 e. The SMILES string of the molecule is CCn1ncnc1C1CCCCC1Cl. The molecule has 0 bridgehead atoms. The van der Waals surface area contributed by atoms with Crippen molar-refractivity contribution in [3.8, 4) is 0 Å². The molecule has 2 rings (SSSR count). The van der Waals surface area contributed by atoms with E-state index < -0.39 is 0 Å². The minimum absolute atomic E-state index is 0.248. The van der Waals surface area contributed by atoms with Gasteiger partial charge in [-0.2, -0.15) is 5.10 Å². The van der Waals surface area contributed by atoms with Crippen molar-refractivity contribution in [2.24, 2.45) is 0 Å². The largest absolute Gasteiger partial charge is 0.250 e.